The lowest BCUT2D eigenvalue weighted by Crippen LogP contribution is -3.12. The van der Waals surface area contributed by atoms with E-state index in [9.17, 15) is 4.79 Å². The van der Waals surface area contributed by atoms with E-state index in [1.54, 1.807) is 24.3 Å². The standard InChI is InChI=1S/C19H21N3O/c1-14-7-9-16(10-8-14)13-22(3)15(2)19(23)21-18-6-4-5-17(11-18)12-20/h4-11,15H,13H2,1-3H3,(H,21,23)/p+1/t15-/m0/s1. The van der Waals surface area contributed by atoms with Crippen molar-refractivity contribution in [2.24, 2.45) is 0 Å². The van der Waals surface area contributed by atoms with E-state index >= 15 is 0 Å². The third-order valence-electron chi connectivity index (χ3n) is 4.00. The summed E-state index contributed by atoms with van der Waals surface area (Å²) in [5.74, 6) is -0.0512. The Hall–Kier alpha value is -2.64. The van der Waals surface area contributed by atoms with Gasteiger partial charge in [-0.15, -0.1) is 0 Å². The number of carbonyl (C=O) groups excluding carboxylic acids is 1. The molecule has 2 atom stereocenters. The van der Waals surface area contributed by atoms with E-state index in [0.717, 1.165) is 11.4 Å². The molecule has 0 bridgehead atoms. The van der Waals surface area contributed by atoms with E-state index in [0.29, 0.717) is 11.3 Å². The summed E-state index contributed by atoms with van der Waals surface area (Å²) in [6, 6.07) is 17.2. The second kappa shape index (κ2) is 7.57. The highest BCUT2D eigenvalue weighted by atomic mass is 16.2. The smallest absolute Gasteiger partial charge is 0.282 e. The minimum Gasteiger partial charge on any atom is -0.324 e. The third kappa shape index (κ3) is 4.67. The number of amides is 1. The van der Waals surface area contributed by atoms with Gasteiger partial charge in [-0.2, -0.15) is 5.26 Å². The average Bonchev–Trinajstić information content (AvgIpc) is 2.56. The van der Waals surface area contributed by atoms with E-state index in [-0.39, 0.29) is 11.9 Å². The fraction of sp³-hybridized carbons (Fsp3) is 0.263. The van der Waals surface area contributed by atoms with Gasteiger partial charge in [0.25, 0.3) is 5.91 Å². The first-order valence-electron chi connectivity index (χ1n) is 7.68. The Morgan fingerprint density at radius 1 is 1.26 bits per heavy atom. The van der Waals surface area contributed by atoms with E-state index in [4.69, 9.17) is 5.26 Å². The summed E-state index contributed by atoms with van der Waals surface area (Å²) in [4.78, 5) is 13.5. The van der Waals surface area contributed by atoms with Crippen molar-refractivity contribution in [3.8, 4) is 6.07 Å². The molecule has 2 aromatic carbocycles. The average molecular weight is 308 g/mol. The zero-order valence-electron chi connectivity index (χ0n) is 13.8. The molecule has 0 spiro atoms. The minimum absolute atomic E-state index is 0.0512. The molecule has 0 aromatic heterocycles. The zero-order chi connectivity index (χ0) is 16.8. The Morgan fingerprint density at radius 3 is 2.61 bits per heavy atom. The first kappa shape index (κ1) is 16.7. The van der Waals surface area contributed by atoms with Crippen LogP contribution < -0.4 is 10.2 Å². The number of anilines is 1. The van der Waals surface area contributed by atoms with Crippen LogP contribution in [-0.4, -0.2) is 19.0 Å². The fourth-order valence-corrected chi connectivity index (χ4v) is 2.32. The Morgan fingerprint density at radius 2 is 1.96 bits per heavy atom. The van der Waals surface area contributed by atoms with Crippen LogP contribution >= 0.6 is 0 Å². The molecule has 118 valence electrons. The van der Waals surface area contributed by atoms with Crippen molar-refractivity contribution >= 4 is 11.6 Å². The summed E-state index contributed by atoms with van der Waals surface area (Å²) in [6.45, 7) is 4.76. The van der Waals surface area contributed by atoms with Gasteiger partial charge in [0.15, 0.2) is 6.04 Å². The second-order valence-corrected chi connectivity index (χ2v) is 5.91. The van der Waals surface area contributed by atoms with Crippen LogP contribution in [0.2, 0.25) is 0 Å². The van der Waals surface area contributed by atoms with E-state index < -0.39 is 0 Å². The van der Waals surface area contributed by atoms with Crippen LogP contribution in [0.4, 0.5) is 5.69 Å². The van der Waals surface area contributed by atoms with Gasteiger partial charge < -0.3 is 10.2 Å². The van der Waals surface area contributed by atoms with Gasteiger partial charge >= 0.3 is 0 Å². The number of benzene rings is 2. The fourth-order valence-electron chi connectivity index (χ4n) is 2.32. The number of nitrogens with zero attached hydrogens (tertiary/aromatic N) is 1. The van der Waals surface area contributed by atoms with Gasteiger partial charge in [-0.3, -0.25) is 4.79 Å². The van der Waals surface area contributed by atoms with Crippen molar-refractivity contribution in [2.75, 3.05) is 12.4 Å². The Kier molecular flexibility index (Phi) is 5.51. The Balaban J connectivity index is 1.98. The lowest BCUT2D eigenvalue weighted by atomic mass is 10.1. The largest absolute Gasteiger partial charge is 0.324 e. The molecule has 4 nitrogen and oxygen atoms in total. The predicted molar refractivity (Wildman–Crippen MR) is 91.0 cm³/mol. The number of likely N-dealkylation sites (N-methyl/N-ethyl adjacent to an activating group) is 1. The SMILES string of the molecule is Cc1ccc(C[NH+](C)[C@@H](C)C(=O)Nc2cccc(C#N)c2)cc1. The minimum atomic E-state index is -0.193. The van der Waals surface area contributed by atoms with Crippen LogP contribution in [0.1, 0.15) is 23.6 Å². The topological polar surface area (TPSA) is 57.3 Å². The molecule has 0 aliphatic carbocycles. The maximum Gasteiger partial charge on any atom is 0.282 e. The molecule has 2 rings (SSSR count). The molecule has 1 unspecified atom stereocenters. The maximum absolute atomic E-state index is 12.4. The van der Waals surface area contributed by atoms with Gasteiger partial charge in [0.2, 0.25) is 0 Å². The quantitative estimate of drug-likeness (QED) is 0.886. The van der Waals surface area contributed by atoms with Crippen LogP contribution in [0.3, 0.4) is 0 Å². The zero-order valence-corrected chi connectivity index (χ0v) is 13.8. The van der Waals surface area contributed by atoms with Gasteiger partial charge in [0.1, 0.15) is 6.54 Å². The summed E-state index contributed by atoms with van der Waals surface area (Å²) >= 11 is 0. The Labute approximate surface area is 137 Å². The molecule has 0 saturated heterocycles. The highest BCUT2D eigenvalue weighted by Crippen LogP contribution is 2.09. The molecule has 0 aliphatic heterocycles. The van der Waals surface area contributed by atoms with E-state index in [1.807, 2.05) is 14.0 Å². The number of hydrogen-bond acceptors (Lipinski definition) is 2. The molecular formula is C19H22N3O+. The molecule has 0 saturated carbocycles. The number of carbonyl (C=O) groups is 1. The molecule has 0 heterocycles. The van der Waals surface area contributed by atoms with Gasteiger partial charge in [-0.05, 0) is 32.0 Å². The molecule has 2 aromatic rings. The lowest BCUT2D eigenvalue weighted by Gasteiger charge is -2.21. The van der Waals surface area contributed by atoms with E-state index in [2.05, 4.69) is 42.6 Å². The van der Waals surface area contributed by atoms with Gasteiger partial charge in [-0.25, -0.2) is 0 Å². The summed E-state index contributed by atoms with van der Waals surface area (Å²) in [7, 11) is 2.01. The van der Waals surface area contributed by atoms with Crippen molar-refractivity contribution in [3.05, 3.63) is 65.2 Å². The number of aryl methyl sites for hydroxylation is 1. The molecule has 2 N–H and O–H groups in total. The van der Waals surface area contributed by atoms with Crippen LogP contribution in [0.25, 0.3) is 0 Å². The highest BCUT2D eigenvalue weighted by molar-refractivity contribution is 5.93. The number of nitrogens with one attached hydrogen (secondary N) is 2. The van der Waals surface area contributed by atoms with Crippen LogP contribution in [0, 0.1) is 18.3 Å². The normalized spacial score (nSPS) is 13.0. The molecular weight excluding hydrogens is 286 g/mol. The lowest BCUT2D eigenvalue weighted by molar-refractivity contribution is -0.907. The summed E-state index contributed by atoms with van der Waals surface area (Å²) in [5, 5.41) is 11.8. The summed E-state index contributed by atoms with van der Waals surface area (Å²) < 4.78 is 0. The van der Waals surface area contributed by atoms with Crippen molar-refractivity contribution in [1.29, 1.82) is 5.26 Å². The number of nitriles is 1. The van der Waals surface area contributed by atoms with E-state index in [1.165, 1.54) is 11.1 Å². The first-order valence-corrected chi connectivity index (χ1v) is 7.68. The maximum atomic E-state index is 12.4. The highest BCUT2D eigenvalue weighted by Gasteiger charge is 2.22. The molecule has 0 aliphatic rings. The molecule has 1 amide bonds. The summed E-state index contributed by atoms with van der Waals surface area (Å²) in [6.07, 6.45) is 0. The van der Waals surface area contributed by atoms with Crippen LogP contribution in [0.5, 0.6) is 0 Å². The first-order chi connectivity index (χ1) is 11.0. The number of quaternary nitrogens is 1. The van der Waals surface area contributed by atoms with Gasteiger partial charge in [0, 0.05) is 11.3 Å². The number of rotatable bonds is 5. The molecule has 0 radical (unpaired) electrons. The monoisotopic (exact) mass is 308 g/mol. The predicted octanol–water partition coefficient (Wildman–Crippen LogP) is 1.91. The van der Waals surface area contributed by atoms with Gasteiger partial charge in [-0.1, -0.05) is 35.9 Å². The number of hydrogen-bond donors (Lipinski definition) is 2. The van der Waals surface area contributed by atoms with Crippen LogP contribution in [-0.2, 0) is 11.3 Å². The molecule has 4 heteroatoms. The van der Waals surface area contributed by atoms with Crippen molar-refractivity contribution in [3.63, 3.8) is 0 Å². The van der Waals surface area contributed by atoms with Crippen molar-refractivity contribution in [1.82, 2.24) is 0 Å². The second-order valence-electron chi connectivity index (χ2n) is 5.91. The van der Waals surface area contributed by atoms with Gasteiger partial charge in [0.05, 0.1) is 18.7 Å². The van der Waals surface area contributed by atoms with Crippen molar-refractivity contribution < 1.29 is 9.69 Å². The Bertz CT molecular complexity index is 716. The van der Waals surface area contributed by atoms with Crippen molar-refractivity contribution in [2.45, 2.75) is 26.4 Å². The third-order valence-corrected chi connectivity index (χ3v) is 4.00. The van der Waals surface area contributed by atoms with Crippen LogP contribution in [0.15, 0.2) is 48.5 Å². The molecule has 23 heavy (non-hydrogen) atoms. The summed E-state index contributed by atoms with van der Waals surface area (Å²) in [5.41, 5.74) is 3.63. The molecule has 0 fully saturated rings.